The van der Waals surface area contributed by atoms with Gasteiger partial charge in [0.05, 0.1) is 12.6 Å². The Hall–Kier alpha value is -2.50. The van der Waals surface area contributed by atoms with E-state index in [9.17, 15) is 4.79 Å². The fraction of sp³-hybridized carbons (Fsp3) is 0.167. The summed E-state index contributed by atoms with van der Waals surface area (Å²) in [5.41, 5.74) is 2.30. The number of rotatable bonds is 1. The number of hydrogen-bond acceptors (Lipinski definition) is 5. The van der Waals surface area contributed by atoms with Gasteiger partial charge in [-0.1, -0.05) is 18.2 Å². The lowest BCUT2D eigenvalue weighted by Crippen LogP contribution is -2.09. The molecule has 1 aromatic carbocycles. The van der Waals surface area contributed by atoms with Crippen molar-refractivity contribution in [1.29, 1.82) is 0 Å². The Morgan fingerprint density at radius 3 is 2.83 bits per heavy atom. The minimum Gasteiger partial charge on any atom is -0.463 e. The lowest BCUT2D eigenvalue weighted by Gasteiger charge is -1.98. The molecule has 90 valence electrons. The fourth-order valence-electron chi connectivity index (χ4n) is 1.98. The van der Waals surface area contributed by atoms with E-state index >= 15 is 0 Å². The Kier molecular flexibility index (Phi) is 2.22. The normalized spacial score (nSPS) is 11.0. The summed E-state index contributed by atoms with van der Waals surface area (Å²) in [6.45, 7) is 0. The van der Waals surface area contributed by atoms with E-state index in [-0.39, 0.29) is 5.82 Å². The first-order valence-electron chi connectivity index (χ1n) is 5.38. The van der Waals surface area contributed by atoms with Crippen LogP contribution < -0.4 is 0 Å². The van der Waals surface area contributed by atoms with Crippen LogP contribution in [0.15, 0.2) is 24.3 Å². The highest BCUT2D eigenvalue weighted by Crippen LogP contribution is 2.24. The monoisotopic (exact) mass is 242 g/mol. The smallest absolute Gasteiger partial charge is 0.378 e. The molecule has 0 amide bonds. The molecule has 18 heavy (non-hydrogen) atoms. The summed E-state index contributed by atoms with van der Waals surface area (Å²) in [6, 6.07) is 7.79. The Labute approximate surface area is 102 Å². The van der Waals surface area contributed by atoms with Gasteiger partial charge in [-0.2, -0.15) is 0 Å². The predicted molar refractivity (Wildman–Crippen MR) is 65.1 cm³/mol. The topological polar surface area (TPSA) is 69.9 Å². The number of aryl methyl sites for hydroxylation is 1. The van der Waals surface area contributed by atoms with Crippen molar-refractivity contribution >= 4 is 28.0 Å². The molecule has 6 nitrogen and oxygen atoms in total. The summed E-state index contributed by atoms with van der Waals surface area (Å²) >= 11 is 0. The van der Waals surface area contributed by atoms with Gasteiger partial charge in [0, 0.05) is 12.4 Å². The van der Waals surface area contributed by atoms with Crippen LogP contribution in [-0.2, 0) is 11.8 Å². The number of nitrogens with zero attached hydrogens (tertiary/aromatic N) is 4. The first-order valence-corrected chi connectivity index (χ1v) is 5.38. The van der Waals surface area contributed by atoms with Gasteiger partial charge in [0.15, 0.2) is 5.65 Å². The molecule has 0 aliphatic carbocycles. The van der Waals surface area contributed by atoms with E-state index in [1.807, 2.05) is 35.9 Å². The number of carbonyl (C=O) groups excluding carboxylic acids is 1. The molecule has 0 saturated carbocycles. The van der Waals surface area contributed by atoms with Crippen LogP contribution in [0.3, 0.4) is 0 Å². The van der Waals surface area contributed by atoms with E-state index in [2.05, 4.69) is 19.9 Å². The average molecular weight is 242 g/mol. The van der Waals surface area contributed by atoms with Crippen LogP contribution in [0.4, 0.5) is 0 Å². The molecule has 0 aliphatic heterocycles. The number of para-hydroxylation sites is 1. The highest BCUT2D eigenvalue weighted by molar-refractivity contribution is 6.04. The van der Waals surface area contributed by atoms with Crippen LogP contribution in [0, 0.1) is 0 Å². The van der Waals surface area contributed by atoms with Crippen molar-refractivity contribution < 1.29 is 9.53 Å². The zero-order valence-electron chi connectivity index (χ0n) is 9.91. The third-order valence-corrected chi connectivity index (χ3v) is 2.87. The first-order chi connectivity index (χ1) is 8.72. The van der Waals surface area contributed by atoms with Crippen molar-refractivity contribution in [2.45, 2.75) is 0 Å². The second-order valence-corrected chi connectivity index (χ2v) is 3.88. The van der Waals surface area contributed by atoms with Crippen LogP contribution >= 0.6 is 0 Å². The number of ether oxygens (including phenoxy) is 1. The number of carbonyl (C=O) groups is 1. The third kappa shape index (κ3) is 1.35. The lowest BCUT2D eigenvalue weighted by atomic mass is 10.2. The van der Waals surface area contributed by atoms with Gasteiger partial charge < -0.3 is 9.30 Å². The van der Waals surface area contributed by atoms with Crippen LogP contribution in [0.2, 0.25) is 0 Å². The van der Waals surface area contributed by atoms with Crippen LogP contribution in [0.5, 0.6) is 0 Å². The minimum atomic E-state index is -0.588. The molecule has 0 atom stereocenters. The lowest BCUT2D eigenvalue weighted by molar-refractivity contribution is 0.0585. The molecule has 0 fully saturated rings. The number of hydrogen-bond donors (Lipinski definition) is 0. The molecular formula is C12H10N4O2. The van der Waals surface area contributed by atoms with Crippen molar-refractivity contribution in [1.82, 2.24) is 19.7 Å². The van der Waals surface area contributed by atoms with Crippen molar-refractivity contribution in [2.24, 2.45) is 7.05 Å². The molecule has 0 N–H and O–H groups in total. The number of aromatic nitrogens is 4. The Morgan fingerprint density at radius 2 is 2.06 bits per heavy atom. The Morgan fingerprint density at radius 1 is 1.28 bits per heavy atom. The molecule has 0 saturated heterocycles. The van der Waals surface area contributed by atoms with E-state index in [1.54, 1.807) is 0 Å². The van der Waals surface area contributed by atoms with E-state index in [1.165, 1.54) is 7.11 Å². The Bertz CT molecular complexity index is 763. The van der Waals surface area contributed by atoms with Gasteiger partial charge in [-0.25, -0.2) is 9.78 Å². The van der Waals surface area contributed by atoms with Crippen LogP contribution in [-0.4, -0.2) is 32.8 Å². The summed E-state index contributed by atoms with van der Waals surface area (Å²) in [5, 5.41) is 8.82. The van der Waals surface area contributed by atoms with E-state index in [0.717, 1.165) is 10.9 Å². The highest BCUT2D eigenvalue weighted by atomic mass is 16.5. The molecule has 3 rings (SSSR count). The second-order valence-electron chi connectivity index (χ2n) is 3.88. The maximum atomic E-state index is 11.4. The van der Waals surface area contributed by atoms with Gasteiger partial charge in [0.2, 0.25) is 0 Å². The van der Waals surface area contributed by atoms with Crippen LogP contribution in [0.1, 0.15) is 10.6 Å². The second kappa shape index (κ2) is 3.76. The summed E-state index contributed by atoms with van der Waals surface area (Å²) in [4.78, 5) is 15.6. The molecular weight excluding hydrogens is 232 g/mol. The maximum Gasteiger partial charge on any atom is 0.378 e. The minimum absolute atomic E-state index is 0.0316. The standard InChI is InChI=1S/C12H10N4O2/c1-16-8-6-4-3-5-7(8)9-11(16)13-10(15-14-9)12(17)18-2/h3-6H,1-2H3. The molecule has 6 heteroatoms. The zero-order valence-corrected chi connectivity index (χ0v) is 9.91. The molecule has 3 aromatic rings. The highest BCUT2D eigenvalue weighted by Gasteiger charge is 2.15. The molecule has 2 aromatic heterocycles. The van der Waals surface area contributed by atoms with Crippen molar-refractivity contribution in [2.75, 3.05) is 7.11 Å². The summed E-state index contributed by atoms with van der Waals surface area (Å²) in [6.07, 6.45) is 0. The number of methoxy groups -OCH3 is 1. The molecule has 2 heterocycles. The number of benzene rings is 1. The first kappa shape index (κ1) is 10.6. The summed E-state index contributed by atoms with van der Waals surface area (Å²) < 4.78 is 6.47. The average Bonchev–Trinajstić information content (AvgIpc) is 2.72. The zero-order chi connectivity index (χ0) is 12.7. The molecule has 0 unspecified atom stereocenters. The predicted octanol–water partition coefficient (Wildman–Crippen LogP) is 1.30. The van der Waals surface area contributed by atoms with E-state index < -0.39 is 5.97 Å². The van der Waals surface area contributed by atoms with Crippen molar-refractivity contribution in [3.05, 3.63) is 30.1 Å². The van der Waals surface area contributed by atoms with Crippen molar-refractivity contribution in [3.8, 4) is 0 Å². The summed E-state index contributed by atoms with van der Waals surface area (Å²) in [7, 11) is 3.16. The van der Waals surface area contributed by atoms with Crippen molar-refractivity contribution in [3.63, 3.8) is 0 Å². The number of fused-ring (bicyclic) bond motifs is 3. The van der Waals surface area contributed by atoms with Gasteiger partial charge in [-0.15, -0.1) is 10.2 Å². The SMILES string of the molecule is COC(=O)c1nnc2c3ccccc3n(C)c2n1. The summed E-state index contributed by atoms with van der Waals surface area (Å²) in [5.74, 6) is -0.620. The molecule has 0 aliphatic rings. The van der Waals surface area contributed by atoms with Gasteiger partial charge in [0.1, 0.15) is 5.52 Å². The van der Waals surface area contributed by atoms with E-state index in [0.29, 0.717) is 11.2 Å². The van der Waals surface area contributed by atoms with Gasteiger partial charge in [-0.05, 0) is 6.07 Å². The maximum absolute atomic E-state index is 11.4. The molecule has 0 radical (unpaired) electrons. The number of esters is 1. The van der Waals surface area contributed by atoms with Gasteiger partial charge in [0.25, 0.3) is 5.82 Å². The van der Waals surface area contributed by atoms with Gasteiger partial charge in [-0.3, -0.25) is 0 Å². The molecule has 0 spiro atoms. The Balaban J connectivity index is 2.38. The third-order valence-electron chi connectivity index (χ3n) is 2.87. The fourth-order valence-corrected chi connectivity index (χ4v) is 1.98. The quantitative estimate of drug-likeness (QED) is 0.601. The van der Waals surface area contributed by atoms with Gasteiger partial charge >= 0.3 is 5.97 Å². The van der Waals surface area contributed by atoms with E-state index in [4.69, 9.17) is 0 Å². The molecule has 0 bridgehead atoms. The van der Waals surface area contributed by atoms with Crippen LogP contribution in [0.25, 0.3) is 22.1 Å². The largest absolute Gasteiger partial charge is 0.463 e.